The van der Waals surface area contributed by atoms with Gasteiger partial charge in [0.15, 0.2) is 20.4 Å². The first-order valence-corrected chi connectivity index (χ1v) is 11.6. The Bertz CT molecular complexity index is 1080. The van der Waals surface area contributed by atoms with Gasteiger partial charge in [-0.05, 0) is 24.3 Å². The van der Waals surface area contributed by atoms with E-state index >= 15 is 0 Å². The maximum atomic E-state index is 12.4. The molecule has 142 valence electrons. The molecule has 0 bridgehead atoms. The minimum Gasteiger partial charge on any atom is -0.593 e. The Labute approximate surface area is 171 Å². The molecule has 0 saturated heterocycles. The van der Waals surface area contributed by atoms with Crippen molar-refractivity contribution in [3.63, 3.8) is 0 Å². The van der Waals surface area contributed by atoms with Crippen molar-refractivity contribution in [2.24, 2.45) is 0 Å². The highest BCUT2D eigenvalue weighted by atomic mass is 32.3. The zero-order valence-electron chi connectivity index (χ0n) is 14.6. The first-order valence-electron chi connectivity index (χ1n) is 8.36. The molecule has 2 aromatic heterocycles. The smallest absolute Gasteiger partial charge is 0.187 e. The summed E-state index contributed by atoms with van der Waals surface area (Å²) in [4.78, 5) is 8.86. The first-order chi connectivity index (χ1) is 13.6. The molecular weight excluding hydrogens is 412 g/mol. The van der Waals surface area contributed by atoms with E-state index in [-0.39, 0.29) is 11.4 Å². The third kappa shape index (κ3) is 4.51. The molecule has 0 aliphatic rings. The van der Waals surface area contributed by atoms with E-state index in [0.29, 0.717) is 0 Å². The molecule has 4 aromatic rings. The van der Waals surface area contributed by atoms with Crippen molar-refractivity contribution in [3.05, 3.63) is 76.6 Å². The number of thiazole rings is 2. The predicted molar refractivity (Wildman–Crippen MR) is 113 cm³/mol. The van der Waals surface area contributed by atoms with Crippen LogP contribution >= 0.6 is 22.7 Å². The highest BCUT2D eigenvalue weighted by Crippen LogP contribution is 2.27. The first kappa shape index (κ1) is 18.9. The number of nitrogens with zero attached hydrogens (tertiary/aromatic N) is 2. The third-order valence-corrected chi connectivity index (χ3v) is 6.84. The summed E-state index contributed by atoms with van der Waals surface area (Å²) in [7, 11) is -3.58. The van der Waals surface area contributed by atoms with Gasteiger partial charge in [0.05, 0.1) is 12.2 Å². The molecule has 28 heavy (non-hydrogen) atoms. The topological polar surface area (TPSA) is 90.0 Å². The molecule has 0 radical (unpaired) electrons. The van der Waals surface area contributed by atoms with Gasteiger partial charge < -0.3 is 9.87 Å². The van der Waals surface area contributed by atoms with Crippen molar-refractivity contribution in [2.75, 3.05) is 5.32 Å². The molecule has 9 heteroatoms. The Morgan fingerprint density at radius 1 is 1.04 bits per heavy atom. The average molecular weight is 429 g/mol. The molecule has 2 N–H and O–H groups in total. The van der Waals surface area contributed by atoms with Crippen molar-refractivity contribution in [3.8, 4) is 11.3 Å². The van der Waals surface area contributed by atoms with Crippen LogP contribution in [0.2, 0.25) is 0 Å². The molecule has 0 fully saturated rings. The zero-order chi connectivity index (χ0) is 19.4. The van der Waals surface area contributed by atoms with Crippen LogP contribution < -0.4 is 10.0 Å². The number of hydrogen-bond donors (Lipinski definition) is 2. The Balaban J connectivity index is 1.42. The van der Waals surface area contributed by atoms with E-state index in [1.54, 1.807) is 30.5 Å². The van der Waals surface area contributed by atoms with Gasteiger partial charge in [-0.25, -0.2) is 9.97 Å². The summed E-state index contributed by atoms with van der Waals surface area (Å²) in [5, 5.41) is 8.48. The maximum Gasteiger partial charge on any atom is 0.187 e. The van der Waals surface area contributed by atoms with Gasteiger partial charge in [-0.3, -0.25) is 0 Å². The SMILES string of the molecule is O=[S+]([O-])(NCc1nccs1)c1ccc(Nc2nc(-c3ccccc3)cs2)cc1. The lowest BCUT2D eigenvalue weighted by Gasteiger charge is -2.14. The van der Waals surface area contributed by atoms with E-state index in [4.69, 9.17) is 0 Å². The molecule has 0 aliphatic heterocycles. The van der Waals surface area contributed by atoms with E-state index in [2.05, 4.69) is 20.0 Å². The van der Waals surface area contributed by atoms with Crippen LogP contribution in [0.3, 0.4) is 0 Å². The normalized spacial score (nSPS) is 13.2. The Kier molecular flexibility index (Phi) is 5.60. The highest BCUT2D eigenvalue weighted by Gasteiger charge is 2.20. The van der Waals surface area contributed by atoms with E-state index in [9.17, 15) is 8.76 Å². The van der Waals surface area contributed by atoms with Crippen molar-refractivity contribution in [2.45, 2.75) is 11.4 Å². The molecular formula is C19H16N4O2S3. The molecule has 0 saturated carbocycles. The van der Waals surface area contributed by atoms with Crippen LogP contribution in [0.5, 0.6) is 0 Å². The molecule has 0 spiro atoms. The number of hydrogen-bond acceptors (Lipinski definition) is 7. The summed E-state index contributed by atoms with van der Waals surface area (Å²) < 4.78 is 27.3. The number of benzene rings is 2. The van der Waals surface area contributed by atoms with E-state index in [1.165, 1.54) is 22.7 Å². The summed E-state index contributed by atoms with van der Waals surface area (Å²) in [6.45, 7) is 0.182. The predicted octanol–water partition coefficient (Wildman–Crippen LogP) is 4.70. The fourth-order valence-electron chi connectivity index (χ4n) is 2.49. The van der Waals surface area contributed by atoms with Gasteiger partial charge in [0.1, 0.15) is 5.01 Å². The van der Waals surface area contributed by atoms with Crippen molar-refractivity contribution >= 4 is 43.9 Å². The molecule has 2 aromatic carbocycles. The summed E-state index contributed by atoms with van der Waals surface area (Å²) in [5.74, 6) is 0. The molecule has 2 heterocycles. The lowest BCUT2D eigenvalue weighted by molar-refractivity contribution is 0.464. The molecule has 1 atom stereocenters. The number of anilines is 2. The number of aromatic nitrogens is 2. The van der Waals surface area contributed by atoms with E-state index in [1.807, 2.05) is 41.1 Å². The summed E-state index contributed by atoms with van der Waals surface area (Å²) >= 11 is 2.91. The fourth-order valence-corrected chi connectivity index (χ4v) is 4.87. The summed E-state index contributed by atoms with van der Waals surface area (Å²) in [6, 6.07) is 16.5. The minimum atomic E-state index is -3.58. The third-order valence-electron chi connectivity index (χ3n) is 3.89. The summed E-state index contributed by atoms with van der Waals surface area (Å²) in [6.07, 6.45) is 1.65. The van der Waals surface area contributed by atoms with Crippen LogP contribution in [-0.2, 0) is 21.2 Å². The summed E-state index contributed by atoms with van der Waals surface area (Å²) in [5.41, 5.74) is 2.73. The van der Waals surface area contributed by atoms with Crippen molar-refractivity contribution in [1.29, 1.82) is 0 Å². The molecule has 0 amide bonds. The molecule has 0 aliphatic carbocycles. The lowest BCUT2D eigenvalue weighted by Crippen LogP contribution is -2.29. The van der Waals surface area contributed by atoms with Gasteiger partial charge in [-0.2, -0.15) is 0 Å². The van der Waals surface area contributed by atoms with Gasteiger partial charge >= 0.3 is 0 Å². The van der Waals surface area contributed by atoms with Crippen molar-refractivity contribution < 1.29 is 8.76 Å². The zero-order valence-corrected chi connectivity index (χ0v) is 17.0. The van der Waals surface area contributed by atoms with Gasteiger partial charge in [0.2, 0.25) is 0 Å². The van der Waals surface area contributed by atoms with Crippen LogP contribution in [0.1, 0.15) is 5.01 Å². The standard InChI is InChI=1S/C19H16N4O2S3/c24-28(25,21-12-18-20-10-11-26-18)16-8-6-15(7-9-16)22-19-23-17(13-27-19)14-4-2-1-3-5-14/h1-11,13H,12H2,(H2-,21,22,23,24,25). The highest BCUT2D eigenvalue weighted by molar-refractivity contribution is 7.95. The van der Waals surface area contributed by atoms with Crippen LogP contribution in [0.4, 0.5) is 10.8 Å². The second kappa shape index (κ2) is 8.29. The largest absolute Gasteiger partial charge is 0.593 e. The van der Waals surface area contributed by atoms with Gasteiger partial charge in [0.25, 0.3) is 0 Å². The quantitative estimate of drug-likeness (QED) is 0.416. The molecule has 6 nitrogen and oxygen atoms in total. The minimum absolute atomic E-state index is 0.182. The van der Waals surface area contributed by atoms with E-state index < -0.39 is 10.4 Å². The van der Waals surface area contributed by atoms with Crippen LogP contribution in [0.15, 0.2) is 76.4 Å². The Morgan fingerprint density at radius 3 is 2.54 bits per heavy atom. The van der Waals surface area contributed by atoms with Crippen LogP contribution in [0.25, 0.3) is 11.3 Å². The number of nitrogens with one attached hydrogen (secondary N) is 2. The van der Waals surface area contributed by atoms with E-state index in [0.717, 1.165) is 27.1 Å². The molecule has 4 rings (SSSR count). The Morgan fingerprint density at radius 2 is 1.82 bits per heavy atom. The lowest BCUT2D eigenvalue weighted by atomic mass is 10.2. The van der Waals surface area contributed by atoms with Crippen LogP contribution in [-0.4, -0.2) is 14.5 Å². The van der Waals surface area contributed by atoms with Gasteiger partial charge in [0, 0.05) is 28.2 Å². The Hall–Kier alpha value is -2.43. The second-order valence-electron chi connectivity index (χ2n) is 5.80. The van der Waals surface area contributed by atoms with Gasteiger partial charge in [-0.1, -0.05) is 34.5 Å². The van der Waals surface area contributed by atoms with Gasteiger partial charge in [-0.15, -0.1) is 27.4 Å². The second-order valence-corrected chi connectivity index (χ2v) is 9.41. The monoisotopic (exact) mass is 428 g/mol. The van der Waals surface area contributed by atoms with Crippen LogP contribution in [0, 0.1) is 0 Å². The number of rotatable bonds is 7. The fraction of sp³-hybridized carbons (Fsp3) is 0.0526. The maximum absolute atomic E-state index is 12.4. The molecule has 1 unspecified atom stereocenters. The average Bonchev–Trinajstić information content (AvgIpc) is 3.40. The van der Waals surface area contributed by atoms with Crippen molar-refractivity contribution in [1.82, 2.24) is 14.7 Å². The number of sulfonamides is 1.